The highest BCUT2D eigenvalue weighted by Gasteiger charge is 1.88. The molecule has 0 aromatic heterocycles. The van der Waals surface area contributed by atoms with Gasteiger partial charge in [-0.15, -0.1) is 0 Å². The largest absolute Gasteiger partial charge is 0.388 e. The van der Waals surface area contributed by atoms with Crippen LogP contribution in [0.2, 0.25) is 13.1 Å². The van der Waals surface area contributed by atoms with Crippen LogP contribution in [-0.2, 0) is 0 Å². The van der Waals surface area contributed by atoms with Crippen molar-refractivity contribution in [1.82, 2.24) is 3.90 Å². The van der Waals surface area contributed by atoms with Gasteiger partial charge in [0.15, 0.2) is 0 Å². The highest BCUT2D eigenvalue weighted by atomic mass is 29.2. The SMILES string of the molecule is C[SiH2][SiH2]N([SiH3])[SiH2]C. The van der Waals surface area contributed by atoms with Gasteiger partial charge in [-0.25, -0.2) is 0 Å². The molecule has 0 aliphatic carbocycles. The fraction of sp³-hybridized carbons (Fsp3) is 1.00. The first kappa shape index (κ1) is 7.83. The summed E-state index contributed by atoms with van der Waals surface area (Å²) in [5, 5.41) is 0. The van der Waals surface area contributed by atoms with Gasteiger partial charge in [0.2, 0.25) is 0 Å². The van der Waals surface area contributed by atoms with E-state index < -0.39 is 0 Å². The molecule has 5 heteroatoms. The molecule has 0 fully saturated rings. The molecule has 7 heavy (non-hydrogen) atoms. The van der Waals surface area contributed by atoms with Gasteiger partial charge in [-0.05, 0) is 0 Å². The fourth-order valence-electron chi connectivity index (χ4n) is 0.540. The summed E-state index contributed by atoms with van der Waals surface area (Å²) < 4.78 is 2.78. The lowest BCUT2D eigenvalue weighted by Crippen LogP contribution is -2.30. The van der Waals surface area contributed by atoms with Crippen LogP contribution >= 0.6 is 0 Å². The van der Waals surface area contributed by atoms with Crippen LogP contribution in [0.1, 0.15) is 0 Å². The third-order valence-electron chi connectivity index (χ3n) is 1.15. The molecular formula is C2H15NSi4. The molecule has 0 saturated carbocycles. The van der Waals surface area contributed by atoms with Crippen molar-refractivity contribution in [3.63, 3.8) is 0 Å². The van der Waals surface area contributed by atoms with E-state index in [0.29, 0.717) is 27.9 Å². The summed E-state index contributed by atoms with van der Waals surface area (Å²) in [6, 6.07) is 0. The van der Waals surface area contributed by atoms with E-state index >= 15 is 0 Å². The van der Waals surface area contributed by atoms with Crippen LogP contribution < -0.4 is 0 Å². The molecule has 0 aliphatic heterocycles. The standard InChI is InChI=1S/C2H15NSi4/c1-5-3(4)7-6-2/h5-7H2,1-2,4H3. The van der Waals surface area contributed by atoms with Crippen LogP contribution in [-0.4, -0.2) is 42.2 Å². The van der Waals surface area contributed by atoms with Crippen LogP contribution in [0.25, 0.3) is 0 Å². The van der Waals surface area contributed by atoms with Crippen molar-refractivity contribution in [3.8, 4) is 0 Å². The summed E-state index contributed by atoms with van der Waals surface area (Å²) in [4.78, 5) is 0. The van der Waals surface area contributed by atoms with Crippen LogP contribution in [0.4, 0.5) is 0 Å². The maximum absolute atomic E-state index is 2.78. The second-order valence-corrected chi connectivity index (χ2v) is 15.2. The van der Waals surface area contributed by atoms with Gasteiger partial charge >= 0.3 is 0 Å². The zero-order valence-corrected chi connectivity index (χ0v) is 11.8. The van der Waals surface area contributed by atoms with Crippen molar-refractivity contribution in [3.05, 3.63) is 0 Å². The summed E-state index contributed by atoms with van der Waals surface area (Å²) >= 11 is 0. The smallest absolute Gasteiger partial charge is 0.0766 e. The number of rotatable bonds is 3. The summed E-state index contributed by atoms with van der Waals surface area (Å²) in [5.74, 6) is 0. The van der Waals surface area contributed by atoms with Crippen molar-refractivity contribution in [2.75, 3.05) is 0 Å². The Balaban J connectivity index is 2.83. The van der Waals surface area contributed by atoms with Gasteiger partial charge in [-0.3, -0.25) is 0 Å². The molecule has 0 aromatic rings. The lowest BCUT2D eigenvalue weighted by atomic mass is 11.9. The molecule has 0 rings (SSSR count). The minimum Gasteiger partial charge on any atom is -0.388 e. The Hall–Kier alpha value is 0.828. The van der Waals surface area contributed by atoms with Gasteiger partial charge in [0, 0.05) is 9.04 Å². The predicted molar refractivity (Wildman–Crippen MR) is 49.1 cm³/mol. The van der Waals surface area contributed by atoms with Gasteiger partial charge in [0.1, 0.15) is 0 Å². The Morgan fingerprint density at radius 2 is 2.00 bits per heavy atom. The zero-order chi connectivity index (χ0) is 5.70. The molecule has 0 radical (unpaired) electrons. The van der Waals surface area contributed by atoms with E-state index in [0.717, 1.165) is 0 Å². The van der Waals surface area contributed by atoms with Gasteiger partial charge < -0.3 is 3.90 Å². The molecule has 0 amide bonds. The van der Waals surface area contributed by atoms with Crippen molar-refractivity contribution < 1.29 is 0 Å². The van der Waals surface area contributed by atoms with Crippen LogP contribution in [0.15, 0.2) is 0 Å². The first-order valence-electron chi connectivity index (χ1n) is 2.99. The van der Waals surface area contributed by atoms with Crippen molar-refractivity contribution >= 4 is 38.3 Å². The fourth-order valence-corrected chi connectivity index (χ4v) is 14.6. The monoisotopic (exact) mass is 165 g/mol. The average molecular weight is 165 g/mol. The van der Waals surface area contributed by atoms with Crippen molar-refractivity contribution in [1.29, 1.82) is 0 Å². The van der Waals surface area contributed by atoms with Crippen molar-refractivity contribution in [2.45, 2.75) is 13.1 Å². The van der Waals surface area contributed by atoms with E-state index in [1.54, 1.807) is 0 Å². The normalized spacial score (nSPS) is 15.9. The zero-order valence-electron chi connectivity index (χ0n) is 5.57. The highest BCUT2D eigenvalue weighted by Crippen LogP contribution is 1.67. The molecule has 0 saturated heterocycles. The van der Waals surface area contributed by atoms with Crippen molar-refractivity contribution in [2.24, 2.45) is 0 Å². The second kappa shape index (κ2) is 4.97. The summed E-state index contributed by atoms with van der Waals surface area (Å²) in [6.07, 6.45) is 0. The third kappa shape index (κ3) is 4.69. The molecule has 0 heterocycles. The van der Waals surface area contributed by atoms with Crippen LogP contribution in [0.3, 0.4) is 0 Å². The van der Waals surface area contributed by atoms with Crippen LogP contribution in [0.5, 0.6) is 0 Å². The first-order valence-corrected chi connectivity index (χ1v) is 12.0. The number of hydrogen-bond donors (Lipinski definition) is 0. The van der Waals surface area contributed by atoms with E-state index in [9.17, 15) is 0 Å². The Bertz CT molecular complexity index is 40.7. The van der Waals surface area contributed by atoms with Gasteiger partial charge in [0.05, 0.1) is 29.3 Å². The Morgan fingerprint density at radius 3 is 2.14 bits per heavy atom. The number of hydrogen-bond acceptors (Lipinski definition) is 1. The number of nitrogens with zero attached hydrogens (tertiary/aromatic N) is 1. The van der Waals surface area contributed by atoms with E-state index in [2.05, 4.69) is 17.0 Å². The summed E-state index contributed by atoms with van der Waals surface area (Å²) in [6.45, 7) is 4.85. The minimum atomic E-state index is 0.319. The minimum absolute atomic E-state index is 0.319. The molecule has 1 nitrogen and oxygen atoms in total. The molecular weight excluding hydrogens is 150 g/mol. The Morgan fingerprint density at radius 1 is 1.43 bits per heavy atom. The van der Waals surface area contributed by atoms with E-state index in [4.69, 9.17) is 0 Å². The van der Waals surface area contributed by atoms with Gasteiger partial charge in [0.25, 0.3) is 0 Å². The topological polar surface area (TPSA) is 3.24 Å². The highest BCUT2D eigenvalue weighted by molar-refractivity contribution is 7.02. The molecule has 0 aromatic carbocycles. The van der Waals surface area contributed by atoms with Crippen LogP contribution in [0, 0.1) is 0 Å². The maximum atomic E-state index is 2.78. The van der Waals surface area contributed by atoms with E-state index in [1.807, 2.05) is 0 Å². The van der Waals surface area contributed by atoms with E-state index in [-0.39, 0.29) is 0 Å². The lowest BCUT2D eigenvalue weighted by Gasteiger charge is -2.09. The van der Waals surface area contributed by atoms with E-state index in [1.165, 1.54) is 10.4 Å². The maximum Gasteiger partial charge on any atom is 0.0766 e. The van der Waals surface area contributed by atoms with Gasteiger partial charge in [-0.2, -0.15) is 0 Å². The molecule has 0 aliphatic rings. The van der Waals surface area contributed by atoms with Gasteiger partial charge in [-0.1, -0.05) is 13.1 Å². The summed E-state index contributed by atoms with van der Waals surface area (Å²) in [7, 11) is 2.64. The molecule has 0 N–H and O–H groups in total. The lowest BCUT2D eigenvalue weighted by molar-refractivity contribution is 1.14. The molecule has 0 spiro atoms. The third-order valence-corrected chi connectivity index (χ3v) is 17.2. The Labute approximate surface area is 55.8 Å². The molecule has 44 valence electrons. The average Bonchev–Trinajstić information content (AvgIpc) is 1.68. The Kier molecular flexibility index (Phi) is 5.56. The summed E-state index contributed by atoms with van der Waals surface area (Å²) in [5.41, 5.74) is 0. The molecule has 0 atom stereocenters. The molecule has 0 unspecified atom stereocenters. The first-order chi connectivity index (χ1) is 3.31. The quantitative estimate of drug-likeness (QED) is 0.401. The second-order valence-electron chi connectivity index (χ2n) is 1.90. The molecule has 0 bridgehead atoms. The predicted octanol–water partition coefficient (Wildman–Crippen LogP) is -3.08.